The van der Waals surface area contributed by atoms with Gasteiger partial charge in [0.05, 0.1) is 0 Å². The van der Waals surface area contributed by atoms with Crippen LogP contribution in [-0.4, -0.2) is 37.0 Å². The maximum Gasteiger partial charge on any atom is -0.171 e. The number of rotatable bonds is 6. The Morgan fingerprint density at radius 3 is 0.955 bits per heavy atom. The number of hydrogen-bond donors (Lipinski definition) is 0. The van der Waals surface area contributed by atoms with Gasteiger partial charge in [0.1, 0.15) is 0 Å². The first-order chi connectivity index (χ1) is 10.7. The Labute approximate surface area is 164 Å². The molecular formula is C18H35IP2Pd. The molecule has 1 aromatic rings. The summed E-state index contributed by atoms with van der Waals surface area (Å²) < 4.78 is 0. The van der Waals surface area contributed by atoms with Crippen molar-refractivity contribution in [3.05, 3.63) is 36.4 Å². The molecule has 0 nitrogen and oxygen atoms in total. The van der Waals surface area contributed by atoms with E-state index in [4.69, 9.17) is 0 Å². The zero-order valence-electron chi connectivity index (χ0n) is 15.2. The van der Waals surface area contributed by atoms with E-state index in [0.29, 0.717) is 15.8 Å². The van der Waals surface area contributed by atoms with Crippen LogP contribution < -0.4 is 0 Å². The van der Waals surface area contributed by atoms with Gasteiger partial charge >= 0.3 is 35.1 Å². The minimum absolute atomic E-state index is 0.446. The average molecular weight is 547 g/mol. The van der Waals surface area contributed by atoms with E-state index in [1.165, 1.54) is 37.0 Å². The smallest absolute Gasteiger partial charge is 0.171 e. The fraction of sp³-hybridized carbons (Fsp3) is 0.667. The topological polar surface area (TPSA) is 0 Å². The summed E-state index contributed by atoms with van der Waals surface area (Å²) in [4.78, 5) is 0. The Bertz CT molecular complexity index is 203. The van der Waals surface area contributed by atoms with Crippen molar-refractivity contribution in [2.45, 2.75) is 41.5 Å². The molecule has 0 atom stereocenters. The molecular weight excluding hydrogens is 511 g/mol. The van der Waals surface area contributed by atoms with Gasteiger partial charge in [-0.15, -0.1) is 15.8 Å². The largest absolute Gasteiger partial charge is 0.184 e. The van der Waals surface area contributed by atoms with Gasteiger partial charge in [0.15, 0.2) is 0 Å². The molecule has 22 heavy (non-hydrogen) atoms. The standard InChI is InChI=1S/2C6H15P.C6H5.HI.Pd/c2*1-4-7(5-2)6-3;1-2-4-6-5-3-1;;/h2*4-6H2,1-3H3;1-5H;1H;/q;;-1;;+2/p-1. The summed E-state index contributed by atoms with van der Waals surface area (Å²) in [6, 6.07) is 12.5. The normalized spacial score (nSPS) is 9.05. The van der Waals surface area contributed by atoms with Gasteiger partial charge in [-0.1, -0.05) is 41.5 Å². The van der Waals surface area contributed by atoms with E-state index in [-0.39, 0.29) is 0 Å². The first-order valence-corrected chi connectivity index (χ1v) is 16.6. The molecule has 4 heteroatoms. The van der Waals surface area contributed by atoms with Crippen LogP contribution in [0.2, 0.25) is 0 Å². The Morgan fingerprint density at radius 2 is 0.909 bits per heavy atom. The molecule has 0 spiro atoms. The summed E-state index contributed by atoms with van der Waals surface area (Å²) >= 11 is 4.72. The minimum Gasteiger partial charge on any atom is -0.184 e. The van der Waals surface area contributed by atoms with Crippen LogP contribution in [-0.2, 0) is 15.6 Å². The van der Waals surface area contributed by atoms with Gasteiger partial charge in [-0.3, -0.25) is 0 Å². The molecule has 134 valence electrons. The van der Waals surface area contributed by atoms with E-state index < -0.39 is 0 Å². The first-order valence-electron chi connectivity index (χ1n) is 8.17. The van der Waals surface area contributed by atoms with Crippen molar-refractivity contribution in [3.63, 3.8) is 0 Å². The van der Waals surface area contributed by atoms with Crippen LogP contribution in [0, 0.1) is 6.07 Å². The van der Waals surface area contributed by atoms with Gasteiger partial charge in [0.25, 0.3) is 0 Å². The Balaban J connectivity index is -0.000000233. The third-order valence-corrected chi connectivity index (χ3v) is 8.66. The molecule has 0 radical (unpaired) electrons. The molecule has 1 aromatic carbocycles. The van der Waals surface area contributed by atoms with Crippen LogP contribution in [0.3, 0.4) is 0 Å². The second-order valence-electron chi connectivity index (χ2n) is 4.32. The average Bonchev–Trinajstić information content (AvgIpc) is 2.62. The van der Waals surface area contributed by atoms with E-state index in [9.17, 15) is 0 Å². The fourth-order valence-electron chi connectivity index (χ4n) is 1.68. The molecule has 0 unspecified atom stereocenters. The van der Waals surface area contributed by atoms with Crippen molar-refractivity contribution in [1.82, 2.24) is 0 Å². The molecule has 0 aromatic heterocycles. The Hall–Kier alpha value is 1.47. The van der Waals surface area contributed by atoms with Crippen molar-refractivity contribution in [2.75, 3.05) is 37.0 Å². The summed E-state index contributed by atoms with van der Waals surface area (Å²) in [5, 5.41) is 0. The Kier molecular flexibility index (Phi) is 35.1. The van der Waals surface area contributed by atoms with Crippen molar-refractivity contribution in [3.8, 4) is 0 Å². The quantitative estimate of drug-likeness (QED) is 0.151. The molecule has 0 aliphatic rings. The molecule has 0 saturated carbocycles. The predicted octanol–water partition coefficient (Wildman–Crippen LogP) is 7.43. The third kappa shape index (κ3) is 23.7. The molecule has 0 amide bonds. The molecule has 1 rings (SSSR count). The molecule has 0 fully saturated rings. The molecule has 0 N–H and O–H groups in total. The van der Waals surface area contributed by atoms with Gasteiger partial charge < -0.3 is 0 Å². The minimum atomic E-state index is 0.446. The summed E-state index contributed by atoms with van der Waals surface area (Å²) in [5.74, 6) is 0. The van der Waals surface area contributed by atoms with Crippen molar-refractivity contribution in [1.29, 1.82) is 0 Å². The van der Waals surface area contributed by atoms with Crippen LogP contribution in [0.5, 0.6) is 0 Å². The monoisotopic (exact) mass is 546 g/mol. The first kappa shape index (κ1) is 28.3. The second-order valence-corrected chi connectivity index (χ2v) is 10.8. The molecule has 0 aliphatic carbocycles. The summed E-state index contributed by atoms with van der Waals surface area (Å²) in [5.41, 5.74) is 0. The molecule has 0 aliphatic heterocycles. The van der Waals surface area contributed by atoms with Gasteiger partial charge in [-0.2, -0.15) is 36.4 Å². The van der Waals surface area contributed by atoms with E-state index >= 15 is 0 Å². The summed E-state index contributed by atoms with van der Waals surface area (Å²) in [6.07, 6.45) is 8.51. The van der Waals surface area contributed by atoms with Crippen LogP contribution >= 0.6 is 35.4 Å². The SMILES string of the molecule is CCP(CC)CC.CCP(CC)CC.[Pd+][I].[c-]1ccccc1. The van der Waals surface area contributed by atoms with E-state index in [2.05, 4.69) is 63.2 Å². The third-order valence-electron chi connectivity index (χ3n) is 3.29. The van der Waals surface area contributed by atoms with E-state index in [1.54, 1.807) is 0 Å². The maximum absolute atomic E-state index is 2.89. The zero-order valence-corrected chi connectivity index (χ0v) is 20.7. The van der Waals surface area contributed by atoms with Crippen LogP contribution in [0.15, 0.2) is 30.3 Å². The van der Waals surface area contributed by atoms with E-state index in [1.807, 2.05) is 49.8 Å². The summed E-state index contributed by atoms with van der Waals surface area (Å²) in [6.45, 7) is 13.7. The van der Waals surface area contributed by atoms with Gasteiger partial charge in [-0.25, -0.2) is 0 Å². The van der Waals surface area contributed by atoms with Crippen LogP contribution in [0.4, 0.5) is 0 Å². The number of halogens is 1. The van der Waals surface area contributed by atoms with Crippen LogP contribution in [0.1, 0.15) is 41.5 Å². The zero-order chi connectivity index (χ0) is 17.6. The van der Waals surface area contributed by atoms with Crippen LogP contribution in [0.25, 0.3) is 0 Å². The van der Waals surface area contributed by atoms with Crippen molar-refractivity contribution in [2.24, 2.45) is 0 Å². The van der Waals surface area contributed by atoms with Gasteiger partial charge in [-0.05, 0) is 37.0 Å². The number of hydrogen-bond acceptors (Lipinski definition) is 0. The van der Waals surface area contributed by atoms with Gasteiger partial charge in [0, 0.05) is 0 Å². The predicted molar refractivity (Wildman–Crippen MR) is 116 cm³/mol. The van der Waals surface area contributed by atoms with Crippen molar-refractivity contribution >= 4 is 35.4 Å². The maximum atomic E-state index is 2.89. The fourth-order valence-corrected chi connectivity index (χ4v) is 4.37. The summed E-state index contributed by atoms with van der Waals surface area (Å²) in [7, 11) is 0.892. The molecule has 0 heterocycles. The molecule has 0 saturated heterocycles. The Morgan fingerprint density at radius 1 is 0.636 bits per heavy atom. The van der Waals surface area contributed by atoms with Crippen molar-refractivity contribution < 1.29 is 15.6 Å². The van der Waals surface area contributed by atoms with Gasteiger partial charge in [0.2, 0.25) is 0 Å². The number of benzene rings is 1. The molecule has 0 bridgehead atoms. The second kappa shape index (κ2) is 27.3. The van der Waals surface area contributed by atoms with E-state index in [0.717, 1.165) is 0 Å².